The second kappa shape index (κ2) is 10.4. The van der Waals surface area contributed by atoms with E-state index in [1.165, 1.54) is 25.1 Å². The average molecular weight is 579 g/mol. The lowest BCUT2D eigenvalue weighted by Crippen LogP contribution is -2.25. The van der Waals surface area contributed by atoms with E-state index in [0.29, 0.717) is 22.8 Å². The molecule has 0 atom stereocenters. The summed E-state index contributed by atoms with van der Waals surface area (Å²) in [5, 5.41) is 5.72. The van der Waals surface area contributed by atoms with Crippen LogP contribution in [0.15, 0.2) is 79.1 Å². The predicted octanol–water partition coefficient (Wildman–Crippen LogP) is 3.94. The number of carbonyl (C=O) groups is 2. The highest BCUT2D eigenvalue weighted by atomic mass is 16.4. The van der Waals surface area contributed by atoms with Crippen LogP contribution in [0.3, 0.4) is 0 Å². The molecule has 2 amide bonds. The van der Waals surface area contributed by atoms with Crippen molar-refractivity contribution in [3.63, 3.8) is 0 Å². The van der Waals surface area contributed by atoms with E-state index in [9.17, 15) is 9.59 Å². The standard InChI is InChI=1S/C29H22N8O6/c1-37(2)17-7-15-6-16(8-17)10-31-25(39)21-12-41-29(34-21)23-14-43-27(36-23)19-5-3-4-18(32-19)26-35-22(13-42-26)28-33-20(11-40-28)24(38)30-9-15/h3-8,11-14H,9-10H2,1-2H3,(H,30,38)(H,31,39). The van der Waals surface area contributed by atoms with Gasteiger partial charge in [0.25, 0.3) is 11.8 Å². The smallest absolute Gasteiger partial charge is 0.273 e. The van der Waals surface area contributed by atoms with Gasteiger partial charge in [-0.05, 0) is 35.4 Å². The molecule has 1 aliphatic heterocycles. The van der Waals surface area contributed by atoms with Crippen LogP contribution in [0.25, 0.3) is 46.3 Å². The van der Waals surface area contributed by atoms with E-state index < -0.39 is 11.8 Å². The molecule has 0 spiro atoms. The molecule has 0 unspecified atom stereocenters. The van der Waals surface area contributed by atoms with E-state index in [1.54, 1.807) is 18.2 Å². The quantitative estimate of drug-likeness (QED) is 0.287. The molecule has 0 fully saturated rings. The number of hydrogen-bond acceptors (Lipinski definition) is 12. The fraction of sp³-hybridized carbons (Fsp3) is 0.138. The maximum absolute atomic E-state index is 12.9. The van der Waals surface area contributed by atoms with Gasteiger partial charge >= 0.3 is 0 Å². The number of oxazole rings is 4. The largest absolute Gasteiger partial charge is 0.442 e. The molecule has 1 aliphatic rings. The van der Waals surface area contributed by atoms with Crippen molar-refractivity contribution in [3.05, 3.63) is 84.0 Å². The van der Waals surface area contributed by atoms with Crippen LogP contribution < -0.4 is 15.5 Å². The zero-order valence-corrected chi connectivity index (χ0v) is 22.8. The Labute approximate surface area is 242 Å². The highest BCUT2D eigenvalue weighted by Crippen LogP contribution is 2.27. The third-order valence-electron chi connectivity index (χ3n) is 6.57. The number of benzene rings is 1. The maximum atomic E-state index is 12.9. The summed E-state index contributed by atoms with van der Waals surface area (Å²) in [6.45, 7) is 0.429. The zero-order valence-electron chi connectivity index (χ0n) is 22.8. The molecule has 0 saturated carbocycles. The fourth-order valence-electron chi connectivity index (χ4n) is 4.39. The SMILES string of the molecule is CN(C)c1cc2cc(c1)CNC(=O)c1coc(n1)-c1coc(n1)-c1cccc(n1)-c1nc(co1)-c1nc(co1)C(=O)NC2. The number of carbonyl (C=O) groups excluding carboxylic acids is 2. The van der Waals surface area contributed by atoms with Crippen LogP contribution in [0, 0.1) is 0 Å². The van der Waals surface area contributed by atoms with Gasteiger partial charge in [-0.1, -0.05) is 12.1 Å². The molecule has 7 rings (SSSR count). The first-order chi connectivity index (χ1) is 20.9. The summed E-state index contributed by atoms with van der Waals surface area (Å²) >= 11 is 0. The summed E-state index contributed by atoms with van der Waals surface area (Å²) in [7, 11) is 3.81. The Hall–Kier alpha value is -6.05. The van der Waals surface area contributed by atoms with Crippen molar-refractivity contribution in [2.45, 2.75) is 13.1 Å². The van der Waals surface area contributed by atoms with Crippen molar-refractivity contribution in [2.24, 2.45) is 0 Å². The predicted molar refractivity (Wildman–Crippen MR) is 149 cm³/mol. The number of hydrogen-bond donors (Lipinski definition) is 2. The lowest BCUT2D eigenvalue weighted by Gasteiger charge is -2.16. The molecule has 6 aromatic rings. The van der Waals surface area contributed by atoms with Crippen LogP contribution >= 0.6 is 0 Å². The van der Waals surface area contributed by atoms with Gasteiger partial charge in [-0.3, -0.25) is 9.59 Å². The molecular weight excluding hydrogens is 556 g/mol. The first-order valence-corrected chi connectivity index (χ1v) is 13.1. The third kappa shape index (κ3) is 5.12. The summed E-state index contributed by atoms with van der Waals surface area (Å²) in [6, 6.07) is 10.9. The van der Waals surface area contributed by atoms with Crippen LogP contribution in [0.1, 0.15) is 32.1 Å². The van der Waals surface area contributed by atoms with E-state index in [1.807, 2.05) is 37.2 Å². The lowest BCUT2D eigenvalue weighted by molar-refractivity contribution is 0.0938. The molecule has 1 aromatic carbocycles. The first kappa shape index (κ1) is 25.9. The number of nitrogens with zero attached hydrogens (tertiary/aromatic N) is 6. The zero-order chi connectivity index (χ0) is 29.5. The Morgan fingerprint density at radius 1 is 0.581 bits per heavy atom. The highest BCUT2D eigenvalue weighted by Gasteiger charge is 2.21. The maximum Gasteiger partial charge on any atom is 0.273 e. The Morgan fingerprint density at radius 2 is 1.00 bits per heavy atom. The molecule has 14 nitrogen and oxygen atoms in total. The molecule has 14 heteroatoms. The van der Waals surface area contributed by atoms with Gasteiger partial charge in [-0.25, -0.2) is 24.9 Å². The number of nitrogens with one attached hydrogen (secondary N) is 2. The second-order valence-electron chi connectivity index (χ2n) is 9.83. The van der Waals surface area contributed by atoms with Gasteiger partial charge in [0.1, 0.15) is 36.4 Å². The number of anilines is 1. The lowest BCUT2D eigenvalue weighted by atomic mass is 10.1. The normalized spacial score (nSPS) is 13.2. The molecular formula is C29H22N8O6. The van der Waals surface area contributed by atoms with Crippen molar-refractivity contribution in [1.82, 2.24) is 35.6 Å². The van der Waals surface area contributed by atoms with E-state index in [4.69, 9.17) is 17.7 Å². The fourth-order valence-corrected chi connectivity index (χ4v) is 4.39. The van der Waals surface area contributed by atoms with Gasteiger partial charge in [-0.15, -0.1) is 0 Å². The molecule has 6 heterocycles. The first-order valence-electron chi connectivity index (χ1n) is 13.1. The monoisotopic (exact) mass is 578 g/mol. The number of pyridine rings is 1. The number of amides is 2. The van der Waals surface area contributed by atoms with E-state index in [-0.39, 0.29) is 48.0 Å². The molecule has 5 aromatic heterocycles. The topological polar surface area (TPSA) is 178 Å². The van der Waals surface area contributed by atoms with Crippen LogP contribution in [0.5, 0.6) is 0 Å². The third-order valence-corrected chi connectivity index (χ3v) is 6.57. The summed E-state index contributed by atoms with van der Waals surface area (Å²) < 4.78 is 22.3. The van der Waals surface area contributed by atoms with Gasteiger partial charge in [0, 0.05) is 32.9 Å². The molecule has 0 radical (unpaired) electrons. The van der Waals surface area contributed by atoms with Gasteiger partial charge in [0.05, 0.1) is 0 Å². The summed E-state index contributed by atoms with van der Waals surface area (Å²) in [6.07, 6.45) is 5.25. The molecule has 0 aliphatic carbocycles. The van der Waals surface area contributed by atoms with Crippen LogP contribution in [0.4, 0.5) is 5.69 Å². The minimum Gasteiger partial charge on any atom is -0.442 e. The van der Waals surface area contributed by atoms with Crippen LogP contribution in [-0.2, 0) is 13.1 Å². The van der Waals surface area contributed by atoms with Crippen molar-refractivity contribution in [3.8, 4) is 46.3 Å². The van der Waals surface area contributed by atoms with E-state index in [0.717, 1.165) is 16.8 Å². The van der Waals surface area contributed by atoms with Crippen molar-refractivity contribution in [2.75, 3.05) is 19.0 Å². The van der Waals surface area contributed by atoms with Crippen LogP contribution in [-0.4, -0.2) is 50.8 Å². The van der Waals surface area contributed by atoms with E-state index in [2.05, 4.69) is 35.6 Å². The Kier molecular flexibility index (Phi) is 6.27. The molecule has 2 N–H and O–H groups in total. The number of fused-ring (bicyclic) bond motifs is 16. The van der Waals surface area contributed by atoms with Gasteiger partial charge < -0.3 is 33.2 Å². The highest BCUT2D eigenvalue weighted by molar-refractivity contribution is 5.93. The minimum absolute atomic E-state index is 0.0806. The Bertz CT molecular complexity index is 1850. The number of aromatic nitrogens is 5. The van der Waals surface area contributed by atoms with Crippen molar-refractivity contribution in [1.29, 1.82) is 0 Å². The van der Waals surface area contributed by atoms with Crippen molar-refractivity contribution < 1.29 is 27.3 Å². The molecule has 0 saturated heterocycles. The van der Waals surface area contributed by atoms with Gasteiger partial charge in [-0.2, -0.15) is 0 Å². The summed E-state index contributed by atoms with van der Waals surface area (Å²) in [5.74, 6) is -0.244. The van der Waals surface area contributed by atoms with Crippen molar-refractivity contribution >= 4 is 17.5 Å². The second-order valence-corrected chi connectivity index (χ2v) is 9.83. The summed E-state index contributed by atoms with van der Waals surface area (Å²) in [4.78, 5) is 49.7. The number of rotatable bonds is 1. The molecule has 214 valence electrons. The van der Waals surface area contributed by atoms with Gasteiger partial charge in [0.2, 0.25) is 23.6 Å². The van der Waals surface area contributed by atoms with E-state index >= 15 is 0 Å². The minimum atomic E-state index is -0.431. The molecule has 12 bridgehead atoms. The van der Waals surface area contributed by atoms with Crippen LogP contribution in [0.2, 0.25) is 0 Å². The van der Waals surface area contributed by atoms with Gasteiger partial charge in [0.15, 0.2) is 22.8 Å². The molecule has 43 heavy (non-hydrogen) atoms. The Balaban J connectivity index is 1.26. The summed E-state index contributed by atoms with van der Waals surface area (Å²) in [5.41, 5.74) is 4.08. The Morgan fingerprint density at radius 3 is 1.47 bits per heavy atom. The average Bonchev–Trinajstić information content (AvgIpc) is 3.84.